The monoisotopic (exact) mass is 185 g/mol. The molecule has 0 aromatic rings. The first-order valence-electron chi connectivity index (χ1n) is 5.62. The lowest BCUT2D eigenvalue weighted by Gasteiger charge is -2.33. The fourth-order valence-electron chi connectivity index (χ4n) is 2.21. The van der Waals surface area contributed by atoms with Crippen LogP contribution in [-0.4, -0.2) is 35.7 Å². The number of nitrogens with zero attached hydrogens (tertiary/aromatic N) is 1. The van der Waals surface area contributed by atoms with Crippen LogP contribution in [0.25, 0.3) is 0 Å². The summed E-state index contributed by atoms with van der Waals surface area (Å²) in [6, 6.07) is 0.635. The number of aliphatic hydroxyl groups excluding tert-OH is 1. The summed E-state index contributed by atoms with van der Waals surface area (Å²) in [5.74, 6) is 0. The maximum Gasteiger partial charge on any atom is 0.0555 e. The van der Waals surface area contributed by atoms with Gasteiger partial charge in [-0.2, -0.15) is 0 Å². The number of piperidine rings is 1. The molecule has 1 saturated heterocycles. The fourth-order valence-corrected chi connectivity index (χ4v) is 2.21. The molecule has 0 bridgehead atoms. The van der Waals surface area contributed by atoms with Crippen LogP contribution >= 0.6 is 0 Å². The maximum atomic E-state index is 9.69. The lowest BCUT2D eigenvalue weighted by atomic mass is 9.96. The average Bonchev–Trinajstić information content (AvgIpc) is 2.09. The van der Waals surface area contributed by atoms with Crippen molar-refractivity contribution in [1.29, 1.82) is 0 Å². The highest BCUT2D eigenvalue weighted by molar-refractivity contribution is 4.76. The van der Waals surface area contributed by atoms with E-state index >= 15 is 0 Å². The SMILES string of the molecule is CCC[C@@H](O)C[C@H]1CCCCN1C. The van der Waals surface area contributed by atoms with Gasteiger partial charge in [-0.15, -0.1) is 0 Å². The molecular weight excluding hydrogens is 162 g/mol. The smallest absolute Gasteiger partial charge is 0.0555 e. The van der Waals surface area contributed by atoms with Gasteiger partial charge >= 0.3 is 0 Å². The Hall–Kier alpha value is -0.0800. The predicted octanol–water partition coefficient (Wildman–Crippen LogP) is 2.02. The van der Waals surface area contributed by atoms with Gasteiger partial charge < -0.3 is 10.0 Å². The number of hydrogen-bond acceptors (Lipinski definition) is 2. The van der Waals surface area contributed by atoms with Crippen molar-refractivity contribution in [3.8, 4) is 0 Å². The Morgan fingerprint density at radius 2 is 2.23 bits per heavy atom. The van der Waals surface area contributed by atoms with Crippen LogP contribution in [0.3, 0.4) is 0 Å². The molecule has 1 fully saturated rings. The van der Waals surface area contributed by atoms with Gasteiger partial charge in [-0.1, -0.05) is 19.8 Å². The van der Waals surface area contributed by atoms with Gasteiger partial charge in [0.1, 0.15) is 0 Å². The summed E-state index contributed by atoms with van der Waals surface area (Å²) >= 11 is 0. The molecule has 0 aliphatic carbocycles. The van der Waals surface area contributed by atoms with Gasteiger partial charge in [0.25, 0.3) is 0 Å². The summed E-state index contributed by atoms with van der Waals surface area (Å²) in [5.41, 5.74) is 0. The summed E-state index contributed by atoms with van der Waals surface area (Å²) in [6.45, 7) is 3.34. The van der Waals surface area contributed by atoms with Crippen molar-refractivity contribution < 1.29 is 5.11 Å². The highest BCUT2D eigenvalue weighted by atomic mass is 16.3. The van der Waals surface area contributed by atoms with Crippen LogP contribution in [0.1, 0.15) is 45.4 Å². The molecule has 0 spiro atoms. The molecule has 0 unspecified atom stereocenters. The Morgan fingerprint density at radius 1 is 1.46 bits per heavy atom. The third kappa shape index (κ3) is 3.65. The Bertz CT molecular complexity index is 138. The second-order valence-electron chi connectivity index (χ2n) is 4.31. The van der Waals surface area contributed by atoms with Gasteiger partial charge in [0, 0.05) is 6.04 Å². The topological polar surface area (TPSA) is 23.5 Å². The van der Waals surface area contributed by atoms with Crippen molar-refractivity contribution in [2.75, 3.05) is 13.6 Å². The van der Waals surface area contributed by atoms with Crippen molar-refractivity contribution in [1.82, 2.24) is 4.90 Å². The quantitative estimate of drug-likeness (QED) is 0.724. The van der Waals surface area contributed by atoms with Gasteiger partial charge in [-0.05, 0) is 39.3 Å². The van der Waals surface area contributed by atoms with Crippen molar-refractivity contribution in [3.63, 3.8) is 0 Å². The number of rotatable bonds is 4. The van der Waals surface area contributed by atoms with E-state index in [9.17, 15) is 5.11 Å². The van der Waals surface area contributed by atoms with Crippen LogP contribution in [0.15, 0.2) is 0 Å². The molecule has 1 rings (SSSR count). The zero-order valence-corrected chi connectivity index (χ0v) is 9.00. The van der Waals surface area contributed by atoms with Gasteiger partial charge in [-0.3, -0.25) is 0 Å². The zero-order valence-electron chi connectivity index (χ0n) is 9.00. The largest absolute Gasteiger partial charge is 0.393 e. The molecule has 2 atom stereocenters. The molecule has 2 heteroatoms. The summed E-state index contributed by atoms with van der Waals surface area (Å²) in [6.07, 6.45) is 6.91. The number of hydrogen-bond donors (Lipinski definition) is 1. The normalized spacial score (nSPS) is 27.5. The van der Waals surface area contributed by atoms with Gasteiger partial charge in [0.15, 0.2) is 0 Å². The highest BCUT2D eigenvalue weighted by Gasteiger charge is 2.21. The van der Waals surface area contributed by atoms with E-state index in [4.69, 9.17) is 0 Å². The summed E-state index contributed by atoms with van der Waals surface area (Å²) < 4.78 is 0. The highest BCUT2D eigenvalue weighted by Crippen LogP contribution is 2.20. The molecule has 0 aromatic carbocycles. The average molecular weight is 185 g/mol. The van der Waals surface area contributed by atoms with Crippen LogP contribution in [0.5, 0.6) is 0 Å². The first-order valence-corrected chi connectivity index (χ1v) is 5.62. The van der Waals surface area contributed by atoms with Crippen molar-refractivity contribution in [3.05, 3.63) is 0 Å². The second-order valence-corrected chi connectivity index (χ2v) is 4.31. The third-order valence-corrected chi connectivity index (χ3v) is 3.09. The lowest BCUT2D eigenvalue weighted by Crippen LogP contribution is -2.38. The first kappa shape index (κ1) is 11.0. The zero-order chi connectivity index (χ0) is 9.68. The minimum Gasteiger partial charge on any atom is -0.393 e. The van der Waals surface area contributed by atoms with Crippen molar-refractivity contribution in [2.24, 2.45) is 0 Å². The molecule has 0 radical (unpaired) electrons. The van der Waals surface area contributed by atoms with E-state index in [1.807, 2.05) is 0 Å². The summed E-state index contributed by atoms with van der Waals surface area (Å²) in [5, 5.41) is 9.69. The van der Waals surface area contributed by atoms with E-state index in [0.717, 1.165) is 19.3 Å². The summed E-state index contributed by atoms with van der Waals surface area (Å²) in [4.78, 5) is 2.41. The Morgan fingerprint density at radius 3 is 2.85 bits per heavy atom. The first-order chi connectivity index (χ1) is 6.24. The van der Waals surface area contributed by atoms with E-state index in [1.165, 1.54) is 25.8 Å². The van der Waals surface area contributed by atoms with Crippen molar-refractivity contribution in [2.45, 2.75) is 57.6 Å². The predicted molar refractivity (Wildman–Crippen MR) is 55.8 cm³/mol. The van der Waals surface area contributed by atoms with Crippen LogP contribution in [0.4, 0.5) is 0 Å². The Balaban J connectivity index is 2.25. The van der Waals surface area contributed by atoms with E-state index in [-0.39, 0.29) is 6.10 Å². The molecular formula is C11H23NO. The fraction of sp³-hybridized carbons (Fsp3) is 1.00. The minimum atomic E-state index is -0.0736. The molecule has 0 amide bonds. The standard InChI is InChI=1S/C11H23NO/c1-3-6-11(13)9-10-7-4-5-8-12(10)2/h10-11,13H,3-9H2,1-2H3/t10-,11-/m1/s1. The molecule has 1 aliphatic rings. The lowest BCUT2D eigenvalue weighted by molar-refractivity contribution is 0.0885. The maximum absolute atomic E-state index is 9.69. The van der Waals surface area contributed by atoms with Gasteiger partial charge in [-0.25, -0.2) is 0 Å². The number of likely N-dealkylation sites (tertiary alicyclic amines) is 1. The molecule has 0 aromatic heterocycles. The molecule has 13 heavy (non-hydrogen) atoms. The van der Waals surface area contributed by atoms with E-state index in [0.29, 0.717) is 6.04 Å². The van der Waals surface area contributed by atoms with Crippen LogP contribution in [0.2, 0.25) is 0 Å². The van der Waals surface area contributed by atoms with E-state index in [1.54, 1.807) is 0 Å². The number of aliphatic hydroxyl groups is 1. The molecule has 78 valence electrons. The second kappa shape index (κ2) is 5.61. The van der Waals surface area contributed by atoms with Crippen LogP contribution in [0, 0.1) is 0 Å². The minimum absolute atomic E-state index is 0.0736. The summed E-state index contributed by atoms with van der Waals surface area (Å²) in [7, 11) is 2.18. The third-order valence-electron chi connectivity index (χ3n) is 3.09. The molecule has 1 aliphatic heterocycles. The van der Waals surface area contributed by atoms with Gasteiger partial charge in [0.05, 0.1) is 6.10 Å². The molecule has 1 heterocycles. The molecule has 2 nitrogen and oxygen atoms in total. The van der Waals surface area contributed by atoms with Gasteiger partial charge in [0.2, 0.25) is 0 Å². The van der Waals surface area contributed by atoms with Crippen LogP contribution < -0.4 is 0 Å². The van der Waals surface area contributed by atoms with Crippen LogP contribution in [-0.2, 0) is 0 Å². The Kier molecular flexibility index (Phi) is 4.74. The Labute approximate surface area is 81.9 Å². The molecule has 1 N–H and O–H groups in total. The van der Waals surface area contributed by atoms with E-state index < -0.39 is 0 Å². The van der Waals surface area contributed by atoms with E-state index in [2.05, 4.69) is 18.9 Å². The van der Waals surface area contributed by atoms with Crippen molar-refractivity contribution >= 4 is 0 Å². The molecule has 0 saturated carbocycles.